The zero-order chi connectivity index (χ0) is 18.6. The smallest absolute Gasteiger partial charge is 0.233 e. The molecule has 0 heterocycles. The van der Waals surface area contributed by atoms with Crippen LogP contribution in [0.4, 0.5) is 5.69 Å². The fraction of sp³-hybridized carbons (Fsp3) is 0.619. The van der Waals surface area contributed by atoms with Gasteiger partial charge in [-0.05, 0) is 75.3 Å². The molecule has 142 valence electrons. The molecule has 0 unspecified atom stereocenters. The molecule has 0 atom stereocenters. The quantitative estimate of drug-likeness (QED) is 0.670. The molecule has 0 aromatic heterocycles. The molecular weight excluding hydrogens is 326 g/mol. The third-order valence-corrected chi connectivity index (χ3v) is 5.85. The number of carbonyl (C=O) groups is 2. The van der Waals surface area contributed by atoms with E-state index in [1.807, 2.05) is 25.1 Å². The van der Waals surface area contributed by atoms with Crippen LogP contribution in [0.3, 0.4) is 0 Å². The normalized spacial score (nSPS) is 18.5. The standard InChI is InChI=1S/C21H31N3O2/c1-15-5-8-18(11-16(15)2)24-20(26)21(9-3-4-10-21)14-23-19(25)13-22-12-17-6-7-17/h5,8,11,17,22H,3-4,6-7,9-10,12-14H2,1-2H3,(H,23,25)(H,24,26). The first kappa shape index (κ1) is 18.9. The number of hydrogen-bond acceptors (Lipinski definition) is 3. The number of rotatable bonds is 8. The minimum Gasteiger partial charge on any atom is -0.354 e. The number of hydrogen-bond donors (Lipinski definition) is 3. The van der Waals surface area contributed by atoms with E-state index in [0.717, 1.165) is 43.8 Å². The van der Waals surface area contributed by atoms with Crippen molar-refractivity contribution >= 4 is 17.5 Å². The molecule has 5 heteroatoms. The first-order chi connectivity index (χ1) is 12.5. The molecule has 0 radical (unpaired) electrons. The van der Waals surface area contributed by atoms with Crippen LogP contribution in [-0.2, 0) is 9.59 Å². The van der Waals surface area contributed by atoms with E-state index in [1.54, 1.807) is 0 Å². The van der Waals surface area contributed by atoms with Crippen LogP contribution in [0.1, 0.15) is 49.7 Å². The molecule has 5 nitrogen and oxygen atoms in total. The van der Waals surface area contributed by atoms with Gasteiger partial charge in [0.05, 0.1) is 12.0 Å². The van der Waals surface area contributed by atoms with Gasteiger partial charge in [0, 0.05) is 12.2 Å². The van der Waals surface area contributed by atoms with Crippen LogP contribution < -0.4 is 16.0 Å². The van der Waals surface area contributed by atoms with E-state index in [1.165, 1.54) is 24.0 Å². The van der Waals surface area contributed by atoms with Crippen molar-refractivity contribution in [3.8, 4) is 0 Å². The lowest BCUT2D eigenvalue weighted by molar-refractivity contribution is -0.126. The van der Waals surface area contributed by atoms with E-state index < -0.39 is 5.41 Å². The molecule has 0 bridgehead atoms. The minimum absolute atomic E-state index is 0.0177. The van der Waals surface area contributed by atoms with Gasteiger partial charge in [-0.25, -0.2) is 0 Å². The second-order valence-corrected chi connectivity index (χ2v) is 8.09. The van der Waals surface area contributed by atoms with Gasteiger partial charge in [-0.2, -0.15) is 0 Å². The van der Waals surface area contributed by atoms with E-state index in [4.69, 9.17) is 0 Å². The number of amides is 2. The van der Waals surface area contributed by atoms with Crippen molar-refractivity contribution in [2.45, 2.75) is 52.4 Å². The highest BCUT2D eigenvalue weighted by atomic mass is 16.2. The van der Waals surface area contributed by atoms with Gasteiger partial charge in [0.25, 0.3) is 0 Å². The van der Waals surface area contributed by atoms with Crippen molar-refractivity contribution in [3.63, 3.8) is 0 Å². The third kappa shape index (κ3) is 4.85. The summed E-state index contributed by atoms with van der Waals surface area (Å²) in [5, 5.41) is 9.26. The molecule has 1 aromatic carbocycles. The lowest BCUT2D eigenvalue weighted by Gasteiger charge is -2.28. The van der Waals surface area contributed by atoms with Crippen molar-refractivity contribution in [2.24, 2.45) is 11.3 Å². The van der Waals surface area contributed by atoms with E-state index in [9.17, 15) is 9.59 Å². The SMILES string of the molecule is Cc1ccc(NC(=O)C2(CNC(=O)CNCC3CC3)CCCC2)cc1C. The maximum Gasteiger partial charge on any atom is 0.233 e. The maximum atomic E-state index is 13.0. The number of anilines is 1. The van der Waals surface area contributed by atoms with Crippen molar-refractivity contribution in [3.05, 3.63) is 29.3 Å². The fourth-order valence-electron chi connectivity index (χ4n) is 3.66. The Labute approximate surface area is 156 Å². The van der Waals surface area contributed by atoms with Crippen molar-refractivity contribution in [1.29, 1.82) is 0 Å². The molecule has 2 fully saturated rings. The van der Waals surface area contributed by atoms with Gasteiger partial charge >= 0.3 is 0 Å². The van der Waals surface area contributed by atoms with Crippen LogP contribution in [-0.4, -0.2) is 31.4 Å². The zero-order valence-electron chi connectivity index (χ0n) is 16.0. The average Bonchev–Trinajstić information content (AvgIpc) is 3.31. The number of nitrogens with one attached hydrogen (secondary N) is 3. The highest BCUT2D eigenvalue weighted by Gasteiger charge is 2.41. The largest absolute Gasteiger partial charge is 0.354 e. The molecule has 0 spiro atoms. The Morgan fingerprint density at radius 2 is 1.85 bits per heavy atom. The predicted molar refractivity (Wildman–Crippen MR) is 104 cm³/mol. The zero-order valence-corrected chi connectivity index (χ0v) is 16.0. The average molecular weight is 357 g/mol. The molecule has 2 saturated carbocycles. The van der Waals surface area contributed by atoms with Crippen LogP contribution in [0.5, 0.6) is 0 Å². The fourth-order valence-corrected chi connectivity index (χ4v) is 3.66. The molecule has 0 aliphatic heterocycles. The molecule has 26 heavy (non-hydrogen) atoms. The van der Waals surface area contributed by atoms with Crippen LogP contribution in [0.25, 0.3) is 0 Å². The molecule has 3 N–H and O–H groups in total. The highest BCUT2D eigenvalue weighted by molar-refractivity contribution is 5.96. The summed E-state index contributed by atoms with van der Waals surface area (Å²) in [6, 6.07) is 5.99. The Balaban J connectivity index is 1.54. The van der Waals surface area contributed by atoms with Gasteiger partial charge in [-0.1, -0.05) is 18.9 Å². The summed E-state index contributed by atoms with van der Waals surface area (Å²) in [4.78, 5) is 25.1. The Bertz CT molecular complexity index is 661. The van der Waals surface area contributed by atoms with Crippen LogP contribution in [0.15, 0.2) is 18.2 Å². The van der Waals surface area contributed by atoms with Crippen LogP contribution in [0.2, 0.25) is 0 Å². The summed E-state index contributed by atoms with van der Waals surface area (Å²) < 4.78 is 0. The lowest BCUT2D eigenvalue weighted by Crippen LogP contribution is -2.46. The maximum absolute atomic E-state index is 13.0. The first-order valence-corrected chi connectivity index (χ1v) is 9.85. The van der Waals surface area contributed by atoms with E-state index in [0.29, 0.717) is 13.1 Å². The van der Waals surface area contributed by atoms with Gasteiger partial charge in [0.1, 0.15) is 0 Å². The van der Waals surface area contributed by atoms with E-state index in [-0.39, 0.29) is 11.8 Å². The molecule has 2 aliphatic rings. The number of aryl methyl sites for hydroxylation is 2. The van der Waals surface area contributed by atoms with E-state index in [2.05, 4.69) is 22.9 Å². The third-order valence-electron chi connectivity index (χ3n) is 5.85. The van der Waals surface area contributed by atoms with Crippen LogP contribution >= 0.6 is 0 Å². The first-order valence-electron chi connectivity index (χ1n) is 9.85. The highest BCUT2D eigenvalue weighted by Crippen LogP contribution is 2.38. The van der Waals surface area contributed by atoms with Crippen LogP contribution in [0, 0.1) is 25.2 Å². The van der Waals surface area contributed by atoms with Crippen molar-refractivity contribution < 1.29 is 9.59 Å². The second kappa shape index (κ2) is 8.21. The Hall–Kier alpha value is -1.88. The summed E-state index contributed by atoms with van der Waals surface area (Å²) in [5.74, 6) is 0.771. The summed E-state index contributed by atoms with van der Waals surface area (Å²) in [6.45, 7) is 5.79. The molecule has 1 aromatic rings. The minimum atomic E-state index is -0.481. The Kier molecular flexibility index (Phi) is 5.97. The number of benzene rings is 1. The predicted octanol–water partition coefficient (Wildman–Crippen LogP) is 2.92. The summed E-state index contributed by atoms with van der Waals surface area (Å²) in [5.41, 5.74) is 2.73. The van der Waals surface area contributed by atoms with Gasteiger partial charge in [-0.3, -0.25) is 9.59 Å². The van der Waals surface area contributed by atoms with E-state index >= 15 is 0 Å². The van der Waals surface area contributed by atoms with Gasteiger partial charge in [0.2, 0.25) is 11.8 Å². The molecular formula is C21H31N3O2. The molecule has 0 saturated heterocycles. The Morgan fingerprint density at radius 1 is 1.12 bits per heavy atom. The molecule has 2 amide bonds. The number of carbonyl (C=O) groups excluding carboxylic acids is 2. The summed E-state index contributed by atoms with van der Waals surface area (Å²) in [6.07, 6.45) is 6.29. The van der Waals surface area contributed by atoms with Crippen molar-refractivity contribution in [2.75, 3.05) is 25.0 Å². The van der Waals surface area contributed by atoms with Gasteiger partial charge in [0.15, 0.2) is 0 Å². The van der Waals surface area contributed by atoms with Gasteiger partial charge in [-0.15, -0.1) is 0 Å². The molecule has 3 rings (SSSR count). The summed E-state index contributed by atoms with van der Waals surface area (Å²) >= 11 is 0. The summed E-state index contributed by atoms with van der Waals surface area (Å²) in [7, 11) is 0. The Morgan fingerprint density at radius 3 is 2.50 bits per heavy atom. The topological polar surface area (TPSA) is 70.2 Å². The molecule has 2 aliphatic carbocycles. The lowest BCUT2D eigenvalue weighted by atomic mass is 9.84. The second-order valence-electron chi connectivity index (χ2n) is 8.09. The monoisotopic (exact) mass is 357 g/mol. The van der Waals surface area contributed by atoms with Crippen molar-refractivity contribution in [1.82, 2.24) is 10.6 Å². The van der Waals surface area contributed by atoms with Gasteiger partial charge < -0.3 is 16.0 Å².